The molecule has 2 rings (SSSR count). The second-order valence-corrected chi connectivity index (χ2v) is 6.28. The molecule has 120 valence electrons. The molecule has 1 aromatic carbocycles. The maximum atomic E-state index is 13.7. The van der Waals surface area contributed by atoms with Gasteiger partial charge in [0.1, 0.15) is 11.4 Å². The highest BCUT2D eigenvalue weighted by molar-refractivity contribution is 5.76. The number of hydrogen-bond donors (Lipinski definition) is 0. The normalized spacial score (nSPS) is 15.6. The van der Waals surface area contributed by atoms with E-state index in [1.165, 1.54) is 12.1 Å². The zero-order chi connectivity index (χ0) is 16.3. The van der Waals surface area contributed by atoms with Crippen molar-refractivity contribution < 1.29 is 18.7 Å². The molecule has 0 atom stereocenters. The topological polar surface area (TPSA) is 49.9 Å². The predicted molar refractivity (Wildman–Crippen MR) is 81.8 cm³/mol. The highest BCUT2D eigenvalue weighted by Crippen LogP contribution is 2.20. The van der Waals surface area contributed by atoms with Crippen LogP contribution >= 0.6 is 0 Å². The van der Waals surface area contributed by atoms with Crippen LogP contribution in [0, 0.1) is 5.82 Å². The van der Waals surface area contributed by atoms with Crippen molar-refractivity contribution in [1.29, 1.82) is 0 Å². The van der Waals surface area contributed by atoms with Crippen LogP contribution in [0.25, 0.3) is 0 Å². The smallest absolute Gasteiger partial charge is 0.410 e. The summed E-state index contributed by atoms with van der Waals surface area (Å²) in [7, 11) is 0. The number of rotatable bonds is 2. The molecule has 0 saturated carbocycles. The first kappa shape index (κ1) is 16.3. The van der Waals surface area contributed by atoms with Crippen molar-refractivity contribution in [3.63, 3.8) is 0 Å². The summed E-state index contributed by atoms with van der Waals surface area (Å²) < 4.78 is 19.0. The molecule has 1 aromatic rings. The third-order valence-corrected chi connectivity index (χ3v) is 3.41. The molecule has 0 unspecified atom stereocenters. The van der Waals surface area contributed by atoms with E-state index in [0.717, 1.165) is 0 Å². The second-order valence-electron chi connectivity index (χ2n) is 6.28. The summed E-state index contributed by atoms with van der Waals surface area (Å²) in [6.07, 6.45) is 0.175. The predicted octanol–water partition coefficient (Wildman–Crippen LogP) is 2.70. The number of anilines is 1. The summed E-state index contributed by atoms with van der Waals surface area (Å²) in [6, 6.07) is 4.54. The van der Waals surface area contributed by atoms with Crippen molar-refractivity contribution >= 4 is 18.1 Å². The quantitative estimate of drug-likeness (QED) is 0.788. The molecule has 6 heteroatoms. The minimum atomic E-state index is -0.526. The van der Waals surface area contributed by atoms with Crippen LogP contribution in [0.5, 0.6) is 0 Å². The van der Waals surface area contributed by atoms with Crippen LogP contribution in [-0.2, 0) is 4.74 Å². The lowest BCUT2D eigenvalue weighted by Gasteiger charge is -2.36. The maximum absolute atomic E-state index is 13.7. The molecule has 0 aromatic heterocycles. The Morgan fingerprint density at radius 1 is 1.23 bits per heavy atom. The van der Waals surface area contributed by atoms with E-state index in [2.05, 4.69) is 0 Å². The molecule has 22 heavy (non-hydrogen) atoms. The van der Waals surface area contributed by atoms with E-state index >= 15 is 0 Å². The van der Waals surface area contributed by atoms with E-state index in [4.69, 9.17) is 4.74 Å². The number of benzene rings is 1. The Hall–Kier alpha value is -2.11. The van der Waals surface area contributed by atoms with Gasteiger partial charge in [-0.1, -0.05) is 0 Å². The van der Waals surface area contributed by atoms with Crippen LogP contribution in [0.2, 0.25) is 0 Å². The number of ether oxygens (including phenoxy) is 1. The summed E-state index contributed by atoms with van der Waals surface area (Å²) in [5, 5.41) is 0. The lowest BCUT2D eigenvalue weighted by Crippen LogP contribution is -2.50. The standard InChI is InChI=1S/C16H21FN2O3/c1-16(2,3)22-15(21)19-8-6-18(7-9-19)13-5-4-12(11-20)14(17)10-13/h4-5,10-11H,6-9H2,1-3H3. The van der Waals surface area contributed by atoms with Gasteiger partial charge in [-0.25, -0.2) is 9.18 Å². The summed E-state index contributed by atoms with van der Waals surface area (Å²) in [4.78, 5) is 26.3. The van der Waals surface area contributed by atoms with Crippen LogP contribution in [0.1, 0.15) is 31.1 Å². The molecule has 0 bridgehead atoms. The third-order valence-electron chi connectivity index (χ3n) is 3.41. The number of amides is 1. The summed E-state index contributed by atoms with van der Waals surface area (Å²) in [6.45, 7) is 7.73. The SMILES string of the molecule is CC(C)(C)OC(=O)N1CCN(c2ccc(C=O)c(F)c2)CC1. The van der Waals surface area contributed by atoms with Crippen molar-refractivity contribution in [1.82, 2.24) is 4.90 Å². The molecule has 1 saturated heterocycles. The van der Waals surface area contributed by atoms with E-state index in [9.17, 15) is 14.0 Å². The molecule has 1 aliphatic heterocycles. The Morgan fingerprint density at radius 3 is 2.36 bits per heavy atom. The van der Waals surface area contributed by atoms with Crippen LogP contribution in [-0.4, -0.2) is 49.1 Å². The minimum Gasteiger partial charge on any atom is -0.444 e. The number of hydrogen-bond acceptors (Lipinski definition) is 4. The molecule has 1 fully saturated rings. The number of piperazine rings is 1. The van der Waals surface area contributed by atoms with Crippen molar-refractivity contribution in [3.8, 4) is 0 Å². The summed E-state index contributed by atoms with van der Waals surface area (Å²) in [5.74, 6) is -0.526. The fraction of sp³-hybridized carbons (Fsp3) is 0.500. The molecular formula is C16H21FN2O3. The molecular weight excluding hydrogens is 287 g/mol. The summed E-state index contributed by atoms with van der Waals surface area (Å²) >= 11 is 0. The van der Waals surface area contributed by atoms with E-state index in [0.29, 0.717) is 38.2 Å². The van der Waals surface area contributed by atoms with Crippen LogP contribution in [0.4, 0.5) is 14.9 Å². The fourth-order valence-corrected chi connectivity index (χ4v) is 2.28. The Labute approximate surface area is 129 Å². The monoisotopic (exact) mass is 308 g/mol. The highest BCUT2D eigenvalue weighted by atomic mass is 19.1. The average Bonchev–Trinajstić information content (AvgIpc) is 2.45. The summed E-state index contributed by atoms with van der Waals surface area (Å²) in [5.41, 5.74) is 0.255. The average molecular weight is 308 g/mol. The number of halogens is 1. The molecule has 0 spiro atoms. The van der Waals surface area contributed by atoms with Crippen LogP contribution in [0.3, 0.4) is 0 Å². The lowest BCUT2D eigenvalue weighted by atomic mass is 10.2. The van der Waals surface area contributed by atoms with Crippen LogP contribution < -0.4 is 4.90 Å². The van der Waals surface area contributed by atoms with Gasteiger partial charge in [0.15, 0.2) is 6.29 Å². The number of carbonyl (C=O) groups is 2. The Balaban J connectivity index is 1.96. The highest BCUT2D eigenvalue weighted by Gasteiger charge is 2.26. The van der Waals surface area contributed by atoms with Gasteiger partial charge in [0.05, 0.1) is 5.56 Å². The van der Waals surface area contributed by atoms with Crippen molar-refractivity contribution in [2.75, 3.05) is 31.1 Å². The number of aldehydes is 1. The van der Waals surface area contributed by atoms with Gasteiger partial charge in [-0.05, 0) is 39.0 Å². The fourth-order valence-electron chi connectivity index (χ4n) is 2.28. The lowest BCUT2D eigenvalue weighted by molar-refractivity contribution is 0.0240. The number of carbonyl (C=O) groups excluding carboxylic acids is 2. The molecule has 0 aliphatic carbocycles. The van der Waals surface area contributed by atoms with Crippen molar-refractivity contribution in [2.45, 2.75) is 26.4 Å². The van der Waals surface area contributed by atoms with E-state index < -0.39 is 11.4 Å². The molecule has 1 heterocycles. The molecule has 5 nitrogen and oxygen atoms in total. The Morgan fingerprint density at radius 2 is 1.86 bits per heavy atom. The van der Waals surface area contributed by atoms with Gasteiger partial charge in [-0.15, -0.1) is 0 Å². The van der Waals surface area contributed by atoms with Gasteiger partial charge in [0.2, 0.25) is 0 Å². The van der Waals surface area contributed by atoms with Gasteiger partial charge in [0, 0.05) is 31.9 Å². The second kappa shape index (κ2) is 6.34. The number of nitrogens with zero attached hydrogens (tertiary/aromatic N) is 2. The van der Waals surface area contributed by atoms with Crippen molar-refractivity contribution in [2.24, 2.45) is 0 Å². The first-order chi connectivity index (χ1) is 10.3. The minimum absolute atomic E-state index is 0.0520. The van der Waals surface area contributed by atoms with Crippen molar-refractivity contribution in [3.05, 3.63) is 29.6 Å². The molecule has 0 N–H and O–H groups in total. The van der Waals surface area contributed by atoms with Gasteiger partial charge in [-0.3, -0.25) is 4.79 Å². The van der Waals surface area contributed by atoms with Gasteiger partial charge < -0.3 is 14.5 Å². The van der Waals surface area contributed by atoms with Gasteiger partial charge in [0.25, 0.3) is 0 Å². The van der Waals surface area contributed by atoms with E-state index in [1.54, 1.807) is 11.0 Å². The first-order valence-corrected chi connectivity index (χ1v) is 7.28. The Bertz CT molecular complexity index is 561. The zero-order valence-corrected chi connectivity index (χ0v) is 13.1. The third kappa shape index (κ3) is 3.96. The molecule has 1 aliphatic rings. The van der Waals surface area contributed by atoms with Crippen LogP contribution in [0.15, 0.2) is 18.2 Å². The van der Waals surface area contributed by atoms with E-state index in [1.807, 2.05) is 25.7 Å². The van der Waals surface area contributed by atoms with Gasteiger partial charge >= 0.3 is 6.09 Å². The molecule has 0 radical (unpaired) electrons. The first-order valence-electron chi connectivity index (χ1n) is 7.28. The maximum Gasteiger partial charge on any atom is 0.410 e. The molecule has 1 amide bonds. The van der Waals surface area contributed by atoms with Gasteiger partial charge in [-0.2, -0.15) is 0 Å². The van der Waals surface area contributed by atoms with E-state index in [-0.39, 0.29) is 11.7 Å². The Kier molecular flexibility index (Phi) is 4.68. The largest absolute Gasteiger partial charge is 0.444 e. The zero-order valence-electron chi connectivity index (χ0n) is 13.1.